The van der Waals surface area contributed by atoms with E-state index in [2.05, 4.69) is 51.6 Å². The largest absolute Gasteiger partial charge is 0.379 e. The zero-order valence-electron chi connectivity index (χ0n) is 17.5. The number of ether oxygens (including phenoxy) is 1. The summed E-state index contributed by atoms with van der Waals surface area (Å²) in [6, 6.07) is 22.7. The quantitative estimate of drug-likeness (QED) is 0.641. The Bertz CT molecular complexity index is 1020. The molecule has 5 nitrogen and oxygen atoms in total. The van der Waals surface area contributed by atoms with E-state index >= 15 is 0 Å². The summed E-state index contributed by atoms with van der Waals surface area (Å²) in [6.07, 6.45) is 2.66. The number of aromatic nitrogens is 1. The Morgan fingerprint density at radius 1 is 1.00 bits per heavy atom. The van der Waals surface area contributed by atoms with E-state index in [0.717, 1.165) is 56.2 Å². The van der Waals surface area contributed by atoms with Gasteiger partial charge in [0, 0.05) is 50.5 Å². The van der Waals surface area contributed by atoms with Gasteiger partial charge in [0.25, 0.3) is 0 Å². The molecule has 3 aromatic rings. The molecule has 1 aliphatic carbocycles. The number of anilines is 1. The van der Waals surface area contributed by atoms with Gasteiger partial charge in [0.2, 0.25) is 5.91 Å². The first-order chi connectivity index (χ1) is 15.3. The highest BCUT2D eigenvalue weighted by Crippen LogP contribution is 2.47. The monoisotopic (exact) mass is 415 g/mol. The van der Waals surface area contributed by atoms with Gasteiger partial charge >= 0.3 is 0 Å². The Morgan fingerprint density at radius 3 is 2.39 bits per heavy atom. The van der Waals surface area contributed by atoms with E-state index in [4.69, 9.17) is 4.74 Å². The van der Waals surface area contributed by atoms with Crippen LogP contribution in [0.5, 0.6) is 0 Å². The number of rotatable bonds is 6. The summed E-state index contributed by atoms with van der Waals surface area (Å²) in [6.45, 7) is 4.61. The molecule has 2 atom stereocenters. The first-order valence-electron chi connectivity index (χ1n) is 11.0. The molecule has 5 rings (SSSR count). The summed E-state index contributed by atoms with van der Waals surface area (Å²) in [7, 11) is 0. The van der Waals surface area contributed by atoms with Crippen molar-refractivity contribution >= 4 is 11.6 Å². The summed E-state index contributed by atoms with van der Waals surface area (Å²) >= 11 is 0. The van der Waals surface area contributed by atoms with Crippen LogP contribution in [0, 0.1) is 5.92 Å². The van der Waals surface area contributed by atoms with Crippen molar-refractivity contribution in [1.82, 2.24) is 9.88 Å². The zero-order chi connectivity index (χ0) is 21.0. The Balaban J connectivity index is 0.00000245. The molecule has 2 unspecified atom stereocenters. The highest BCUT2D eigenvalue weighted by Gasteiger charge is 2.44. The first-order valence-corrected chi connectivity index (χ1v) is 11.0. The molecule has 2 fully saturated rings. The number of hydrogen-bond acceptors (Lipinski definition) is 4. The number of carbonyl (C=O) groups is 1. The van der Waals surface area contributed by atoms with Crippen molar-refractivity contribution in [3.8, 4) is 11.1 Å². The van der Waals surface area contributed by atoms with Crippen molar-refractivity contribution in [3.63, 3.8) is 0 Å². The first kappa shape index (κ1) is 19.9. The van der Waals surface area contributed by atoms with Crippen LogP contribution in [0.3, 0.4) is 0 Å². The third-order valence-electron chi connectivity index (χ3n) is 6.14. The molecular formula is C26H29N3O2. The maximum atomic E-state index is 12.6. The summed E-state index contributed by atoms with van der Waals surface area (Å²) in [5.41, 5.74) is 5.50. The van der Waals surface area contributed by atoms with Crippen LogP contribution < -0.4 is 5.32 Å². The zero-order valence-corrected chi connectivity index (χ0v) is 17.5. The van der Waals surface area contributed by atoms with Crippen molar-refractivity contribution in [1.29, 1.82) is 0 Å². The second-order valence-corrected chi connectivity index (χ2v) is 8.36. The lowest BCUT2D eigenvalue weighted by Gasteiger charge is -2.26. The van der Waals surface area contributed by atoms with Crippen molar-refractivity contribution in [2.24, 2.45) is 5.92 Å². The number of nitrogens with one attached hydrogen (secondary N) is 1. The maximum Gasteiger partial charge on any atom is 0.228 e. The predicted molar refractivity (Wildman–Crippen MR) is 124 cm³/mol. The molecule has 2 heterocycles. The Morgan fingerprint density at radius 2 is 1.71 bits per heavy atom. The van der Waals surface area contributed by atoms with Crippen LogP contribution in [0.15, 0.2) is 72.9 Å². The highest BCUT2D eigenvalue weighted by atomic mass is 16.5. The molecule has 1 saturated carbocycles. The highest BCUT2D eigenvalue weighted by molar-refractivity contribution is 5.95. The van der Waals surface area contributed by atoms with E-state index in [0.29, 0.717) is 0 Å². The number of benzene rings is 2. The number of nitrogens with zero attached hydrogens (tertiary/aromatic N) is 2. The smallest absolute Gasteiger partial charge is 0.228 e. The number of morpholine rings is 1. The fourth-order valence-corrected chi connectivity index (χ4v) is 4.21. The fraction of sp³-hybridized carbons (Fsp3) is 0.308. The lowest BCUT2D eigenvalue weighted by atomic mass is 10.0. The summed E-state index contributed by atoms with van der Waals surface area (Å²) in [4.78, 5) is 19.4. The van der Waals surface area contributed by atoms with Gasteiger partial charge < -0.3 is 10.1 Å². The second-order valence-electron chi connectivity index (χ2n) is 8.36. The van der Waals surface area contributed by atoms with Crippen LogP contribution in [0.25, 0.3) is 11.1 Å². The van der Waals surface area contributed by atoms with Crippen molar-refractivity contribution in [2.75, 3.05) is 31.6 Å². The Labute approximate surface area is 184 Å². The molecule has 5 heteroatoms. The molecule has 1 aliphatic heterocycles. The fourth-order valence-electron chi connectivity index (χ4n) is 4.21. The van der Waals surface area contributed by atoms with Gasteiger partial charge in [0.05, 0.1) is 13.2 Å². The van der Waals surface area contributed by atoms with Crippen LogP contribution in [-0.4, -0.2) is 42.1 Å². The van der Waals surface area contributed by atoms with Gasteiger partial charge in [-0.1, -0.05) is 42.5 Å². The van der Waals surface area contributed by atoms with Gasteiger partial charge in [0.1, 0.15) is 0 Å². The second kappa shape index (κ2) is 9.00. The molecule has 0 radical (unpaired) electrons. The topological polar surface area (TPSA) is 54.5 Å². The molecular weight excluding hydrogens is 386 g/mol. The third kappa shape index (κ3) is 4.84. The molecule has 1 N–H and O–H groups in total. The maximum absolute atomic E-state index is 12.6. The van der Waals surface area contributed by atoms with Crippen LogP contribution in [0.1, 0.15) is 25.0 Å². The summed E-state index contributed by atoms with van der Waals surface area (Å²) < 4.78 is 5.42. The van der Waals surface area contributed by atoms with Gasteiger partial charge in [-0.2, -0.15) is 0 Å². The van der Waals surface area contributed by atoms with E-state index in [-0.39, 0.29) is 19.2 Å². The van der Waals surface area contributed by atoms with Gasteiger partial charge in [0.15, 0.2) is 0 Å². The molecule has 160 valence electrons. The van der Waals surface area contributed by atoms with E-state index in [1.54, 1.807) is 6.20 Å². The minimum absolute atomic E-state index is 0. The normalized spacial score (nSPS) is 20.9. The molecule has 0 bridgehead atoms. The lowest BCUT2D eigenvalue weighted by Crippen LogP contribution is -2.35. The van der Waals surface area contributed by atoms with Crippen LogP contribution >= 0.6 is 0 Å². The minimum atomic E-state index is 0. The average molecular weight is 416 g/mol. The van der Waals surface area contributed by atoms with Crippen LogP contribution in [-0.2, 0) is 16.1 Å². The third-order valence-corrected chi connectivity index (χ3v) is 6.14. The molecule has 2 aromatic carbocycles. The minimum Gasteiger partial charge on any atom is -0.379 e. The summed E-state index contributed by atoms with van der Waals surface area (Å²) in [5, 5.41) is 3.05. The number of pyridine rings is 1. The standard InChI is InChI=1S/C26H27N3O2.H2/c30-26(24-17-23(24)25-3-1-2-12-27-25)28-22-10-8-21(9-11-22)20-6-4-19(5-7-20)18-29-13-15-31-16-14-29;/h1-12,23-24H,13-18H2,(H,28,30);1H. The number of carbonyl (C=O) groups excluding carboxylic acids is 1. The van der Waals surface area contributed by atoms with Crippen molar-refractivity contribution in [3.05, 3.63) is 84.2 Å². The number of hydrogen-bond donors (Lipinski definition) is 1. The molecule has 1 amide bonds. The van der Waals surface area contributed by atoms with Crippen LogP contribution in [0.4, 0.5) is 5.69 Å². The molecule has 1 aromatic heterocycles. The van der Waals surface area contributed by atoms with Gasteiger partial charge in [-0.15, -0.1) is 0 Å². The van der Waals surface area contributed by atoms with E-state index < -0.39 is 0 Å². The van der Waals surface area contributed by atoms with Gasteiger partial charge in [-0.3, -0.25) is 14.7 Å². The summed E-state index contributed by atoms with van der Waals surface area (Å²) in [5.74, 6) is 0.348. The predicted octanol–water partition coefficient (Wildman–Crippen LogP) is 4.57. The van der Waals surface area contributed by atoms with Gasteiger partial charge in [-0.25, -0.2) is 0 Å². The van der Waals surface area contributed by atoms with E-state index in [1.807, 2.05) is 30.3 Å². The molecule has 1 saturated heterocycles. The van der Waals surface area contributed by atoms with Crippen molar-refractivity contribution in [2.45, 2.75) is 18.9 Å². The molecule has 31 heavy (non-hydrogen) atoms. The van der Waals surface area contributed by atoms with E-state index in [9.17, 15) is 4.79 Å². The Hall–Kier alpha value is -3.02. The molecule has 2 aliphatic rings. The Kier molecular flexibility index (Phi) is 5.78. The average Bonchev–Trinajstić information content (AvgIpc) is 3.63. The number of amides is 1. The molecule has 0 spiro atoms. The van der Waals surface area contributed by atoms with Crippen LogP contribution in [0.2, 0.25) is 0 Å². The SMILES string of the molecule is O=C(Nc1ccc(-c2ccc(CN3CCOCC3)cc2)cc1)C1CC1c1ccccn1.[HH]. The lowest BCUT2D eigenvalue weighted by molar-refractivity contribution is -0.117. The van der Waals surface area contributed by atoms with E-state index in [1.165, 1.54) is 11.1 Å². The van der Waals surface area contributed by atoms with Crippen molar-refractivity contribution < 1.29 is 11.0 Å². The van der Waals surface area contributed by atoms with Gasteiger partial charge in [-0.05, 0) is 47.4 Å².